The van der Waals surface area contributed by atoms with Gasteiger partial charge in [0, 0.05) is 10.9 Å². The molecule has 2 aliphatic carbocycles. The summed E-state index contributed by atoms with van der Waals surface area (Å²) in [6.07, 6.45) is 13.7. The molecule has 4 rings (SSSR count). The summed E-state index contributed by atoms with van der Waals surface area (Å²) in [5, 5.41) is 1.49. The van der Waals surface area contributed by atoms with Crippen LogP contribution in [-0.2, 0) is 0 Å². The van der Waals surface area contributed by atoms with Gasteiger partial charge in [-0.3, -0.25) is 0 Å². The molecule has 0 amide bonds. The quantitative estimate of drug-likeness (QED) is 0.275. The lowest BCUT2D eigenvalue weighted by Gasteiger charge is -2.41. The zero-order valence-electron chi connectivity index (χ0n) is 25.8. The summed E-state index contributed by atoms with van der Waals surface area (Å²) in [4.78, 5) is 0. The number of rotatable bonds is 8. The van der Waals surface area contributed by atoms with Gasteiger partial charge in [-0.15, -0.1) is 0 Å². The number of benzene rings is 2. The number of hydrogen-bond donors (Lipinski definition) is 0. The maximum atomic E-state index is 7.00. The van der Waals surface area contributed by atoms with Crippen molar-refractivity contribution < 1.29 is 9.47 Å². The highest BCUT2D eigenvalue weighted by atomic mass is 79.9. The zero-order chi connectivity index (χ0) is 28.3. The number of halogens is 1. The molecule has 2 aromatic rings. The second-order valence-corrected chi connectivity index (χ2v) is 17.0. The lowest BCUT2D eigenvalue weighted by molar-refractivity contribution is 0.131. The van der Waals surface area contributed by atoms with Gasteiger partial charge in [0.25, 0.3) is 0 Å². The molecule has 2 nitrogen and oxygen atoms in total. The van der Waals surface area contributed by atoms with Crippen molar-refractivity contribution in [3.05, 3.63) is 39.9 Å². The third-order valence-corrected chi connectivity index (χ3v) is 12.8. The molecular formula is C35H52BrO2P. The largest absolute Gasteiger partial charge is 0.496 e. The van der Waals surface area contributed by atoms with E-state index in [1.807, 2.05) is 7.11 Å². The van der Waals surface area contributed by atoms with E-state index in [1.54, 1.807) is 0 Å². The molecular weight excluding hydrogens is 563 g/mol. The number of methoxy groups -OCH3 is 1. The molecule has 0 bridgehead atoms. The van der Waals surface area contributed by atoms with Crippen molar-refractivity contribution >= 4 is 29.2 Å². The molecule has 0 spiro atoms. The summed E-state index contributed by atoms with van der Waals surface area (Å²) in [7, 11) is 1.41. The van der Waals surface area contributed by atoms with Gasteiger partial charge in [-0.2, -0.15) is 0 Å². The first-order valence-electron chi connectivity index (χ1n) is 15.5. The maximum Gasteiger partial charge on any atom is 0.142 e. The summed E-state index contributed by atoms with van der Waals surface area (Å²) >= 11 is 4.01. The molecule has 0 N–H and O–H groups in total. The van der Waals surface area contributed by atoms with Crippen LogP contribution in [0.25, 0.3) is 11.1 Å². The monoisotopic (exact) mass is 614 g/mol. The van der Waals surface area contributed by atoms with E-state index in [0.717, 1.165) is 27.3 Å². The van der Waals surface area contributed by atoms with Gasteiger partial charge in [-0.05, 0) is 108 Å². The van der Waals surface area contributed by atoms with E-state index in [1.165, 1.54) is 91.8 Å². The van der Waals surface area contributed by atoms with Crippen LogP contribution in [0.1, 0.15) is 136 Å². The smallest absolute Gasteiger partial charge is 0.142 e. The highest BCUT2D eigenvalue weighted by Gasteiger charge is 2.39. The zero-order valence-corrected chi connectivity index (χ0v) is 28.3. The third kappa shape index (κ3) is 7.06. The molecule has 39 heavy (non-hydrogen) atoms. The van der Waals surface area contributed by atoms with Gasteiger partial charge in [-0.25, -0.2) is 0 Å². The third-order valence-electron chi connectivity index (χ3n) is 8.62. The van der Waals surface area contributed by atoms with Crippen LogP contribution in [0.3, 0.4) is 0 Å². The second kappa shape index (κ2) is 13.3. The van der Waals surface area contributed by atoms with E-state index in [-0.39, 0.29) is 5.60 Å². The maximum absolute atomic E-state index is 7.00. The van der Waals surface area contributed by atoms with Crippen LogP contribution >= 0.6 is 23.9 Å². The second-order valence-electron chi connectivity index (χ2n) is 13.4. The molecule has 2 aliphatic rings. The Bertz CT molecular complexity index is 1060. The van der Waals surface area contributed by atoms with E-state index in [4.69, 9.17) is 9.47 Å². The molecule has 4 heteroatoms. The average Bonchev–Trinajstić information content (AvgIpc) is 2.90. The fourth-order valence-electron chi connectivity index (χ4n) is 6.87. The molecule has 0 aliphatic heterocycles. The van der Waals surface area contributed by atoms with E-state index in [0.29, 0.717) is 11.8 Å². The summed E-state index contributed by atoms with van der Waals surface area (Å²) in [6.45, 7) is 15.9. The molecule has 0 unspecified atom stereocenters. The molecule has 0 radical (unpaired) electrons. The molecule has 0 saturated heterocycles. The van der Waals surface area contributed by atoms with Crippen molar-refractivity contribution in [2.75, 3.05) is 7.11 Å². The Morgan fingerprint density at radius 1 is 0.795 bits per heavy atom. The van der Waals surface area contributed by atoms with Crippen molar-refractivity contribution in [3.63, 3.8) is 0 Å². The standard InChI is InChI=1S/C35H52BrO2P/c1-23(2)27-20-15-21-28(24(3)4)31(27)32-30(37-8)22-29(36)33(38-35(5,6)7)34(32)39(25-16-11-9-12-17-25)26-18-13-10-14-19-26/h15,20-26H,9-14,16-19H2,1-8H3. The lowest BCUT2D eigenvalue weighted by atomic mass is 9.84. The minimum Gasteiger partial charge on any atom is -0.496 e. The van der Waals surface area contributed by atoms with Gasteiger partial charge in [0.1, 0.15) is 17.1 Å². The van der Waals surface area contributed by atoms with Crippen molar-refractivity contribution in [2.24, 2.45) is 0 Å². The van der Waals surface area contributed by atoms with Crippen molar-refractivity contribution in [3.8, 4) is 22.6 Å². The first-order chi connectivity index (χ1) is 18.5. The number of hydrogen-bond acceptors (Lipinski definition) is 2. The fraction of sp³-hybridized carbons (Fsp3) is 0.657. The van der Waals surface area contributed by atoms with Gasteiger partial charge in [0.2, 0.25) is 0 Å². The number of ether oxygens (including phenoxy) is 2. The van der Waals surface area contributed by atoms with Crippen molar-refractivity contribution in [2.45, 2.75) is 141 Å². The van der Waals surface area contributed by atoms with Crippen LogP contribution in [0.4, 0.5) is 0 Å². The van der Waals surface area contributed by atoms with Crippen LogP contribution in [0.5, 0.6) is 11.5 Å². The Labute approximate surface area is 248 Å². The van der Waals surface area contributed by atoms with Crippen LogP contribution in [0, 0.1) is 0 Å². The molecule has 216 valence electrons. The molecule has 0 heterocycles. The van der Waals surface area contributed by atoms with Gasteiger partial charge < -0.3 is 9.47 Å². The highest BCUT2D eigenvalue weighted by molar-refractivity contribution is 9.10. The normalized spacial score (nSPS) is 17.8. The Hall–Kier alpha value is -1.05. The van der Waals surface area contributed by atoms with E-state index in [2.05, 4.69) is 88.7 Å². The summed E-state index contributed by atoms with van der Waals surface area (Å²) < 4.78 is 14.4. The Balaban J connectivity index is 2.14. The summed E-state index contributed by atoms with van der Waals surface area (Å²) in [6, 6.07) is 9.16. The first kappa shape index (κ1) is 30.9. The van der Waals surface area contributed by atoms with E-state index >= 15 is 0 Å². The van der Waals surface area contributed by atoms with Crippen LogP contribution < -0.4 is 14.8 Å². The van der Waals surface area contributed by atoms with Gasteiger partial charge in [0.05, 0.1) is 11.6 Å². The van der Waals surface area contributed by atoms with Crippen LogP contribution in [-0.4, -0.2) is 24.0 Å². The lowest BCUT2D eigenvalue weighted by Crippen LogP contribution is -2.32. The van der Waals surface area contributed by atoms with Crippen LogP contribution in [0.2, 0.25) is 0 Å². The fourth-order valence-corrected chi connectivity index (χ4v) is 11.6. The SMILES string of the molecule is COc1cc(Br)c(OC(C)(C)C)c(P(C2CCCCC2)C2CCCCC2)c1-c1c(C(C)C)cccc1C(C)C. The van der Waals surface area contributed by atoms with Gasteiger partial charge in [-0.1, -0.05) is 92.3 Å². The van der Waals surface area contributed by atoms with Crippen molar-refractivity contribution in [1.29, 1.82) is 0 Å². The molecule has 0 atom stereocenters. The van der Waals surface area contributed by atoms with Gasteiger partial charge >= 0.3 is 0 Å². The predicted molar refractivity (Wildman–Crippen MR) is 175 cm³/mol. The van der Waals surface area contributed by atoms with Gasteiger partial charge in [0.15, 0.2) is 0 Å². The summed E-state index contributed by atoms with van der Waals surface area (Å²) in [5.41, 5.74) is 6.80. The minimum atomic E-state index is -0.447. The Morgan fingerprint density at radius 3 is 1.69 bits per heavy atom. The van der Waals surface area contributed by atoms with Crippen molar-refractivity contribution in [1.82, 2.24) is 0 Å². The Morgan fingerprint density at radius 2 is 1.28 bits per heavy atom. The summed E-state index contributed by atoms with van der Waals surface area (Å²) in [5.74, 6) is 2.91. The molecule has 2 saturated carbocycles. The topological polar surface area (TPSA) is 18.5 Å². The van der Waals surface area contributed by atoms with E-state index in [9.17, 15) is 0 Å². The van der Waals surface area contributed by atoms with E-state index < -0.39 is 7.92 Å². The average molecular weight is 616 g/mol. The molecule has 2 aromatic carbocycles. The minimum absolute atomic E-state index is 0.290. The first-order valence-corrected chi connectivity index (χ1v) is 17.8. The van der Waals surface area contributed by atoms with Crippen LogP contribution in [0.15, 0.2) is 28.7 Å². The molecule has 0 aromatic heterocycles. The Kier molecular flexibility index (Phi) is 10.5. The molecule has 2 fully saturated rings. The highest BCUT2D eigenvalue weighted by Crippen LogP contribution is 2.60. The predicted octanol–water partition coefficient (Wildman–Crippen LogP) is 11.3.